The molecule has 0 amide bonds. The van der Waals surface area contributed by atoms with Gasteiger partial charge in [-0.1, -0.05) is 32.0 Å². The van der Waals surface area contributed by atoms with E-state index in [0.717, 1.165) is 50.0 Å². The quantitative estimate of drug-likeness (QED) is 0.375. The summed E-state index contributed by atoms with van der Waals surface area (Å²) in [4.78, 5) is 11.3. The summed E-state index contributed by atoms with van der Waals surface area (Å²) in [5, 5.41) is 3.47. The monoisotopic (exact) mass is 497 g/mol. The van der Waals surface area contributed by atoms with E-state index < -0.39 is 0 Å². The maximum absolute atomic E-state index is 6.09. The second kappa shape index (κ2) is 11.3. The maximum atomic E-state index is 6.09. The molecule has 1 aliphatic heterocycles. The molecule has 0 unspecified atom stereocenters. The van der Waals surface area contributed by atoms with Gasteiger partial charge in [0.25, 0.3) is 0 Å². The molecule has 2 aromatic rings. The smallest absolute Gasteiger partial charge is 0.194 e. The molecule has 0 radical (unpaired) electrons. The van der Waals surface area contributed by atoms with Crippen molar-refractivity contribution >= 4 is 29.9 Å². The Morgan fingerprint density at radius 2 is 1.96 bits per heavy atom. The lowest BCUT2D eigenvalue weighted by Gasteiger charge is -2.34. The largest absolute Gasteiger partial charge is 0.490 e. The minimum atomic E-state index is 0. The van der Waals surface area contributed by atoms with Crippen molar-refractivity contribution < 1.29 is 4.74 Å². The SMILES string of the molecule is CN=C(NCc1nccn1CC(C)C)N1CCC(Oc2ccccc2)CC1.I. The fourth-order valence-corrected chi connectivity index (χ4v) is 3.43. The standard InChI is InChI=1S/C21H31N5O.HI/c1-17(2)16-26-14-11-23-20(26)15-24-21(22-3)25-12-9-19(10-13-25)27-18-7-5-4-6-8-18;/h4-8,11,14,17,19H,9-10,12-13,15-16H2,1-3H3,(H,22,24);1H. The molecule has 7 heteroatoms. The third-order valence-corrected chi connectivity index (χ3v) is 4.77. The highest BCUT2D eigenvalue weighted by molar-refractivity contribution is 14.0. The number of benzene rings is 1. The number of aromatic nitrogens is 2. The fraction of sp³-hybridized carbons (Fsp3) is 0.524. The first-order chi connectivity index (χ1) is 13.2. The van der Waals surface area contributed by atoms with Gasteiger partial charge in [0, 0.05) is 51.9 Å². The zero-order valence-electron chi connectivity index (χ0n) is 17.0. The van der Waals surface area contributed by atoms with Crippen molar-refractivity contribution in [1.29, 1.82) is 0 Å². The van der Waals surface area contributed by atoms with Crippen LogP contribution in [0.15, 0.2) is 47.7 Å². The molecule has 154 valence electrons. The Balaban J connectivity index is 0.00000280. The van der Waals surface area contributed by atoms with E-state index >= 15 is 0 Å². The second-order valence-electron chi connectivity index (χ2n) is 7.41. The molecular weight excluding hydrogens is 465 g/mol. The molecular formula is C21H32IN5O. The molecule has 1 aromatic carbocycles. The Bertz CT molecular complexity index is 723. The molecule has 0 atom stereocenters. The first-order valence-corrected chi connectivity index (χ1v) is 9.83. The molecule has 0 aliphatic carbocycles. The first-order valence-electron chi connectivity index (χ1n) is 9.83. The van der Waals surface area contributed by atoms with Crippen LogP contribution in [0.4, 0.5) is 0 Å². The molecule has 1 saturated heterocycles. The van der Waals surface area contributed by atoms with Crippen LogP contribution in [0.3, 0.4) is 0 Å². The Labute approximate surface area is 185 Å². The maximum Gasteiger partial charge on any atom is 0.194 e. The highest BCUT2D eigenvalue weighted by Crippen LogP contribution is 2.18. The van der Waals surface area contributed by atoms with E-state index in [0.29, 0.717) is 12.5 Å². The Morgan fingerprint density at radius 1 is 1.25 bits per heavy atom. The van der Waals surface area contributed by atoms with Crippen LogP contribution in [-0.4, -0.2) is 46.7 Å². The zero-order chi connectivity index (χ0) is 19.1. The minimum absolute atomic E-state index is 0. The van der Waals surface area contributed by atoms with Gasteiger partial charge in [0.2, 0.25) is 0 Å². The number of aliphatic imine (C=N–C) groups is 1. The number of para-hydroxylation sites is 1. The molecule has 1 aromatic heterocycles. The lowest BCUT2D eigenvalue weighted by atomic mass is 10.1. The van der Waals surface area contributed by atoms with Crippen LogP contribution in [-0.2, 0) is 13.1 Å². The van der Waals surface area contributed by atoms with Crippen molar-refractivity contribution in [3.8, 4) is 5.75 Å². The van der Waals surface area contributed by atoms with E-state index in [2.05, 4.69) is 38.6 Å². The Kier molecular flexibility index (Phi) is 9.08. The molecule has 1 aliphatic rings. The van der Waals surface area contributed by atoms with Gasteiger partial charge in [-0.25, -0.2) is 4.98 Å². The summed E-state index contributed by atoms with van der Waals surface area (Å²) in [6.07, 6.45) is 6.18. The number of nitrogens with zero attached hydrogens (tertiary/aromatic N) is 4. The van der Waals surface area contributed by atoms with E-state index in [-0.39, 0.29) is 30.1 Å². The summed E-state index contributed by atoms with van der Waals surface area (Å²) in [6.45, 7) is 8.00. The van der Waals surface area contributed by atoms with E-state index in [1.807, 2.05) is 49.8 Å². The number of hydrogen-bond acceptors (Lipinski definition) is 3. The van der Waals surface area contributed by atoms with Crippen LogP contribution in [0.25, 0.3) is 0 Å². The predicted octanol–water partition coefficient (Wildman–Crippen LogP) is 3.78. The van der Waals surface area contributed by atoms with E-state index in [1.165, 1.54) is 0 Å². The summed E-state index contributed by atoms with van der Waals surface area (Å²) in [5.74, 6) is 3.54. The average molecular weight is 497 g/mol. The third-order valence-electron chi connectivity index (χ3n) is 4.77. The molecule has 6 nitrogen and oxygen atoms in total. The van der Waals surface area contributed by atoms with Crippen molar-refractivity contribution in [1.82, 2.24) is 19.8 Å². The van der Waals surface area contributed by atoms with Gasteiger partial charge < -0.3 is 19.5 Å². The van der Waals surface area contributed by atoms with Crippen LogP contribution in [0.2, 0.25) is 0 Å². The molecule has 1 N–H and O–H groups in total. The summed E-state index contributed by atoms with van der Waals surface area (Å²) in [5.41, 5.74) is 0. The van der Waals surface area contributed by atoms with E-state index in [9.17, 15) is 0 Å². The predicted molar refractivity (Wildman–Crippen MR) is 124 cm³/mol. The Morgan fingerprint density at radius 3 is 2.61 bits per heavy atom. The highest BCUT2D eigenvalue weighted by atomic mass is 127. The van der Waals surface area contributed by atoms with E-state index in [1.54, 1.807) is 0 Å². The molecule has 3 rings (SSSR count). The molecule has 0 bridgehead atoms. The Hall–Kier alpha value is -1.77. The minimum Gasteiger partial charge on any atom is -0.490 e. The normalized spacial score (nSPS) is 15.4. The molecule has 28 heavy (non-hydrogen) atoms. The molecule has 0 spiro atoms. The molecule has 0 saturated carbocycles. The summed E-state index contributed by atoms with van der Waals surface area (Å²) in [6, 6.07) is 10.1. The number of nitrogens with one attached hydrogen (secondary N) is 1. The van der Waals surface area contributed by atoms with E-state index in [4.69, 9.17) is 4.74 Å². The number of likely N-dealkylation sites (tertiary alicyclic amines) is 1. The van der Waals surface area contributed by atoms with Gasteiger partial charge in [0.15, 0.2) is 5.96 Å². The molecule has 2 heterocycles. The van der Waals surface area contributed by atoms with Crippen molar-refractivity contribution in [3.05, 3.63) is 48.5 Å². The lowest BCUT2D eigenvalue weighted by Crippen LogP contribution is -2.47. The molecule has 1 fully saturated rings. The van der Waals surface area contributed by atoms with Crippen molar-refractivity contribution in [2.75, 3.05) is 20.1 Å². The van der Waals surface area contributed by atoms with Gasteiger partial charge in [0.05, 0.1) is 6.54 Å². The van der Waals surface area contributed by atoms with Gasteiger partial charge in [-0.15, -0.1) is 24.0 Å². The third kappa shape index (κ3) is 6.39. The number of ether oxygens (including phenoxy) is 1. The van der Waals surface area contributed by atoms with Crippen LogP contribution < -0.4 is 10.1 Å². The van der Waals surface area contributed by atoms with Crippen molar-refractivity contribution in [2.45, 2.75) is 45.9 Å². The summed E-state index contributed by atoms with van der Waals surface area (Å²) < 4.78 is 8.30. The number of imidazole rings is 1. The van der Waals surface area contributed by atoms with Crippen LogP contribution in [0.5, 0.6) is 5.75 Å². The number of rotatable bonds is 6. The number of hydrogen-bond donors (Lipinski definition) is 1. The van der Waals surface area contributed by atoms with Crippen LogP contribution in [0.1, 0.15) is 32.5 Å². The number of guanidine groups is 1. The van der Waals surface area contributed by atoms with Gasteiger partial charge in [0.1, 0.15) is 17.7 Å². The van der Waals surface area contributed by atoms with Crippen molar-refractivity contribution in [2.24, 2.45) is 10.9 Å². The highest BCUT2D eigenvalue weighted by Gasteiger charge is 2.22. The zero-order valence-corrected chi connectivity index (χ0v) is 19.4. The average Bonchev–Trinajstić information content (AvgIpc) is 3.10. The second-order valence-corrected chi connectivity index (χ2v) is 7.41. The van der Waals surface area contributed by atoms with Crippen LogP contribution >= 0.6 is 24.0 Å². The fourth-order valence-electron chi connectivity index (χ4n) is 3.43. The van der Waals surface area contributed by atoms with Gasteiger partial charge >= 0.3 is 0 Å². The lowest BCUT2D eigenvalue weighted by molar-refractivity contribution is 0.129. The number of halogens is 1. The topological polar surface area (TPSA) is 54.7 Å². The number of piperidine rings is 1. The summed E-state index contributed by atoms with van der Waals surface area (Å²) in [7, 11) is 1.84. The van der Waals surface area contributed by atoms with Gasteiger partial charge in [-0.3, -0.25) is 4.99 Å². The van der Waals surface area contributed by atoms with Crippen LogP contribution in [0, 0.1) is 5.92 Å². The summed E-state index contributed by atoms with van der Waals surface area (Å²) >= 11 is 0. The van der Waals surface area contributed by atoms with Gasteiger partial charge in [-0.2, -0.15) is 0 Å². The van der Waals surface area contributed by atoms with Crippen molar-refractivity contribution in [3.63, 3.8) is 0 Å². The first kappa shape index (κ1) is 22.5. The van der Waals surface area contributed by atoms with Gasteiger partial charge in [-0.05, 0) is 18.1 Å².